The van der Waals surface area contributed by atoms with Crippen molar-refractivity contribution in [2.45, 2.75) is 38.9 Å². The second kappa shape index (κ2) is 11.8. The van der Waals surface area contributed by atoms with Crippen LogP contribution in [0.4, 0.5) is 0 Å². The predicted octanol–water partition coefficient (Wildman–Crippen LogP) is 5.15. The normalized spacial score (nSPS) is 15.4. The lowest BCUT2D eigenvalue weighted by molar-refractivity contribution is -0.112. The molecule has 0 unspecified atom stereocenters. The molecule has 29 heavy (non-hydrogen) atoms. The molecule has 0 spiro atoms. The highest BCUT2D eigenvalue weighted by molar-refractivity contribution is 5.30. The molecule has 2 aromatic carbocycles. The second-order valence-electron chi connectivity index (χ2n) is 7.30. The molecule has 160 valence electrons. The van der Waals surface area contributed by atoms with Crippen molar-refractivity contribution in [3.8, 4) is 11.5 Å². The standard InChI is InChI=1S/C24H34O5/c1-6-7-22(17(2)23(25)18-8-12-20(27-4)13-9-18)24(29-16-26-3)19-10-14-21(28-5)15-11-19/h8-15,17,22-25H,6-7,16H2,1-5H3/t17-,22-,23+,24+/m1/s1. The van der Waals surface area contributed by atoms with Crippen LogP contribution in [0.1, 0.15) is 50.0 Å². The largest absolute Gasteiger partial charge is 0.497 e. The topological polar surface area (TPSA) is 57.2 Å². The number of ether oxygens (including phenoxy) is 4. The molecular weight excluding hydrogens is 368 g/mol. The van der Waals surface area contributed by atoms with Gasteiger partial charge in [-0.2, -0.15) is 0 Å². The molecule has 0 bridgehead atoms. The Labute approximate surface area is 174 Å². The van der Waals surface area contributed by atoms with Gasteiger partial charge in [-0.05, 0) is 53.6 Å². The molecular formula is C24H34O5. The van der Waals surface area contributed by atoms with Crippen LogP contribution >= 0.6 is 0 Å². The highest BCUT2D eigenvalue weighted by atomic mass is 16.7. The van der Waals surface area contributed by atoms with Crippen LogP contribution in [0, 0.1) is 11.8 Å². The third-order valence-electron chi connectivity index (χ3n) is 5.45. The van der Waals surface area contributed by atoms with Crippen LogP contribution in [0.2, 0.25) is 0 Å². The van der Waals surface area contributed by atoms with Crippen LogP contribution in [-0.2, 0) is 9.47 Å². The molecule has 0 radical (unpaired) electrons. The molecule has 0 aliphatic heterocycles. The number of rotatable bonds is 12. The third-order valence-corrected chi connectivity index (χ3v) is 5.45. The summed E-state index contributed by atoms with van der Waals surface area (Å²) in [6, 6.07) is 15.5. The van der Waals surface area contributed by atoms with Gasteiger partial charge in [-0.3, -0.25) is 0 Å². The lowest BCUT2D eigenvalue weighted by atomic mass is 9.78. The first-order chi connectivity index (χ1) is 14.0. The Balaban J connectivity index is 2.30. The Morgan fingerprint density at radius 2 is 1.34 bits per heavy atom. The molecule has 0 fully saturated rings. The van der Waals surface area contributed by atoms with Crippen LogP contribution in [0.3, 0.4) is 0 Å². The molecule has 5 heteroatoms. The summed E-state index contributed by atoms with van der Waals surface area (Å²) >= 11 is 0. The van der Waals surface area contributed by atoms with Crippen molar-refractivity contribution in [3.05, 3.63) is 59.7 Å². The summed E-state index contributed by atoms with van der Waals surface area (Å²) in [5, 5.41) is 11.1. The summed E-state index contributed by atoms with van der Waals surface area (Å²) in [6.07, 6.45) is 1.12. The molecule has 0 saturated carbocycles. The van der Waals surface area contributed by atoms with Crippen molar-refractivity contribution in [2.24, 2.45) is 11.8 Å². The van der Waals surface area contributed by atoms with Crippen molar-refractivity contribution in [3.63, 3.8) is 0 Å². The van der Waals surface area contributed by atoms with E-state index in [0.29, 0.717) is 0 Å². The van der Waals surface area contributed by atoms with E-state index in [1.807, 2.05) is 48.5 Å². The minimum absolute atomic E-state index is 0.0210. The van der Waals surface area contributed by atoms with Crippen molar-refractivity contribution in [2.75, 3.05) is 28.1 Å². The van der Waals surface area contributed by atoms with Crippen molar-refractivity contribution in [1.82, 2.24) is 0 Å². The Morgan fingerprint density at radius 1 is 0.828 bits per heavy atom. The fourth-order valence-electron chi connectivity index (χ4n) is 3.76. The molecule has 0 saturated heterocycles. The summed E-state index contributed by atoms with van der Waals surface area (Å²) in [5.41, 5.74) is 1.93. The fraction of sp³-hybridized carbons (Fsp3) is 0.500. The predicted molar refractivity (Wildman–Crippen MR) is 114 cm³/mol. The van der Waals surface area contributed by atoms with Crippen molar-refractivity contribution < 1.29 is 24.1 Å². The first-order valence-corrected chi connectivity index (χ1v) is 10.1. The van der Waals surface area contributed by atoms with Gasteiger partial charge in [-0.25, -0.2) is 0 Å². The smallest absolute Gasteiger partial charge is 0.147 e. The molecule has 2 rings (SSSR count). The lowest BCUT2D eigenvalue weighted by Crippen LogP contribution is -2.27. The van der Waals surface area contributed by atoms with Crippen LogP contribution < -0.4 is 9.47 Å². The molecule has 0 aliphatic rings. The van der Waals surface area contributed by atoms with Gasteiger partial charge in [0.25, 0.3) is 0 Å². The molecule has 0 heterocycles. The van der Waals surface area contributed by atoms with Gasteiger partial charge in [0.05, 0.1) is 26.4 Å². The first-order valence-electron chi connectivity index (χ1n) is 10.1. The fourth-order valence-corrected chi connectivity index (χ4v) is 3.76. The van der Waals surface area contributed by atoms with Crippen molar-refractivity contribution in [1.29, 1.82) is 0 Å². The van der Waals surface area contributed by atoms with Gasteiger partial charge in [-0.15, -0.1) is 0 Å². The highest BCUT2D eigenvalue weighted by Crippen LogP contribution is 2.41. The molecule has 4 atom stereocenters. The Bertz CT molecular complexity index is 698. The number of methoxy groups -OCH3 is 3. The maximum atomic E-state index is 11.1. The van der Waals surface area contributed by atoms with E-state index in [1.54, 1.807) is 21.3 Å². The van der Waals surface area contributed by atoms with E-state index < -0.39 is 6.10 Å². The molecule has 0 aromatic heterocycles. The number of hydrogen-bond donors (Lipinski definition) is 1. The number of aliphatic hydroxyl groups excluding tert-OH is 1. The SMILES string of the molecule is CCC[C@H]([C@@H](C)[C@H](O)c1ccc(OC)cc1)[C@@H](OCOC)c1ccc(OC)cc1. The van der Waals surface area contributed by atoms with Gasteiger partial charge in [-0.1, -0.05) is 44.5 Å². The third kappa shape index (κ3) is 6.20. The maximum Gasteiger partial charge on any atom is 0.147 e. The molecule has 1 N–H and O–H groups in total. The number of aliphatic hydroxyl groups is 1. The van der Waals surface area contributed by atoms with Crippen LogP contribution in [-0.4, -0.2) is 33.2 Å². The summed E-state index contributed by atoms with van der Waals surface area (Å²) < 4.78 is 21.8. The zero-order chi connectivity index (χ0) is 21.2. The summed E-state index contributed by atoms with van der Waals surface area (Å²) in [5.74, 6) is 1.67. The average Bonchev–Trinajstić information content (AvgIpc) is 2.78. The summed E-state index contributed by atoms with van der Waals surface area (Å²) in [7, 11) is 4.91. The van der Waals surface area contributed by atoms with Gasteiger partial charge in [0, 0.05) is 7.11 Å². The van der Waals surface area contributed by atoms with E-state index in [2.05, 4.69) is 13.8 Å². The average molecular weight is 403 g/mol. The van der Waals surface area contributed by atoms with E-state index in [9.17, 15) is 5.11 Å². The van der Waals surface area contributed by atoms with Gasteiger partial charge in [0.2, 0.25) is 0 Å². The molecule has 0 amide bonds. The van der Waals surface area contributed by atoms with Crippen molar-refractivity contribution >= 4 is 0 Å². The first kappa shape index (κ1) is 23.2. The van der Waals surface area contributed by atoms with E-state index in [1.165, 1.54) is 0 Å². The van der Waals surface area contributed by atoms with Gasteiger partial charge >= 0.3 is 0 Å². The highest BCUT2D eigenvalue weighted by Gasteiger charge is 2.33. The van der Waals surface area contributed by atoms with E-state index in [-0.39, 0.29) is 24.7 Å². The monoisotopic (exact) mass is 402 g/mol. The minimum Gasteiger partial charge on any atom is -0.497 e. The zero-order valence-electron chi connectivity index (χ0n) is 18.1. The molecule has 0 aliphatic carbocycles. The second-order valence-corrected chi connectivity index (χ2v) is 7.30. The molecule has 2 aromatic rings. The number of hydrogen-bond acceptors (Lipinski definition) is 5. The van der Waals surface area contributed by atoms with Gasteiger partial charge in [0.15, 0.2) is 0 Å². The van der Waals surface area contributed by atoms with Gasteiger partial charge < -0.3 is 24.1 Å². The molecule has 5 nitrogen and oxygen atoms in total. The summed E-state index contributed by atoms with van der Waals surface area (Å²) in [6.45, 7) is 4.44. The zero-order valence-corrected chi connectivity index (χ0v) is 18.1. The lowest BCUT2D eigenvalue weighted by Gasteiger charge is -2.34. The van der Waals surface area contributed by atoms with Gasteiger partial charge in [0.1, 0.15) is 18.3 Å². The van der Waals surface area contributed by atoms with Crippen LogP contribution in [0.25, 0.3) is 0 Å². The Kier molecular flexibility index (Phi) is 9.45. The van der Waals surface area contributed by atoms with E-state index in [0.717, 1.165) is 35.5 Å². The Morgan fingerprint density at radius 3 is 1.79 bits per heavy atom. The van der Waals surface area contributed by atoms with E-state index >= 15 is 0 Å². The van der Waals surface area contributed by atoms with E-state index in [4.69, 9.17) is 18.9 Å². The number of benzene rings is 2. The quantitative estimate of drug-likeness (QED) is 0.498. The van der Waals surface area contributed by atoms with Crippen LogP contribution in [0.5, 0.6) is 11.5 Å². The maximum absolute atomic E-state index is 11.1. The minimum atomic E-state index is -0.607. The summed E-state index contributed by atoms with van der Waals surface area (Å²) in [4.78, 5) is 0. The Hall–Kier alpha value is -2.08. The van der Waals surface area contributed by atoms with Crippen LogP contribution in [0.15, 0.2) is 48.5 Å².